The number of aromatic nitrogens is 1. The average molecular weight is 299 g/mol. The summed E-state index contributed by atoms with van der Waals surface area (Å²) in [5.41, 5.74) is 2.75. The fourth-order valence-corrected chi connectivity index (χ4v) is 2.50. The maximum absolute atomic E-state index is 9.68. The summed E-state index contributed by atoms with van der Waals surface area (Å²) in [6.07, 6.45) is 1.77. The molecule has 4 heteroatoms. The van der Waals surface area contributed by atoms with E-state index in [1.165, 1.54) is 0 Å². The number of nitrogens with one attached hydrogen (secondary N) is 1. The van der Waals surface area contributed by atoms with Crippen LogP contribution in [0.3, 0.4) is 0 Å². The summed E-state index contributed by atoms with van der Waals surface area (Å²) in [6.45, 7) is -0.0169. The molecule has 0 bridgehead atoms. The van der Waals surface area contributed by atoms with Crippen LogP contribution in [0.15, 0.2) is 60.8 Å². The summed E-state index contributed by atoms with van der Waals surface area (Å²) in [4.78, 5) is 4.30. The summed E-state index contributed by atoms with van der Waals surface area (Å²) < 4.78 is 0. The Bertz CT molecular complexity index is 760. The summed E-state index contributed by atoms with van der Waals surface area (Å²) >= 11 is 6.15. The van der Waals surface area contributed by atoms with Gasteiger partial charge in [-0.05, 0) is 35.9 Å². The third kappa shape index (κ3) is 2.99. The van der Waals surface area contributed by atoms with E-state index in [1.807, 2.05) is 54.6 Å². The normalized spacial score (nSPS) is 12.3. The van der Waals surface area contributed by atoms with Crippen molar-refractivity contribution in [2.75, 3.05) is 11.9 Å². The molecule has 0 radical (unpaired) electrons. The van der Waals surface area contributed by atoms with Gasteiger partial charge >= 0.3 is 0 Å². The molecule has 3 rings (SSSR count). The number of fused-ring (bicyclic) bond motifs is 1. The van der Waals surface area contributed by atoms with Gasteiger partial charge in [0, 0.05) is 11.6 Å². The van der Waals surface area contributed by atoms with Crippen LogP contribution in [0.5, 0.6) is 0 Å². The molecule has 3 aromatic rings. The molecule has 106 valence electrons. The van der Waals surface area contributed by atoms with E-state index in [1.54, 1.807) is 6.20 Å². The molecule has 1 heterocycles. The molecule has 1 atom stereocenters. The number of hydrogen-bond acceptors (Lipinski definition) is 3. The van der Waals surface area contributed by atoms with E-state index in [0.29, 0.717) is 5.02 Å². The fourth-order valence-electron chi connectivity index (χ4n) is 2.31. The number of aliphatic hydroxyl groups is 1. The minimum atomic E-state index is -0.213. The van der Waals surface area contributed by atoms with E-state index < -0.39 is 0 Å². The number of benzene rings is 2. The van der Waals surface area contributed by atoms with E-state index in [4.69, 9.17) is 11.6 Å². The summed E-state index contributed by atoms with van der Waals surface area (Å²) in [5.74, 6) is 0. The van der Waals surface area contributed by atoms with Crippen molar-refractivity contribution in [3.05, 3.63) is 71.4 Å². The molecule has 0 spiro atoms. The third-order valence-electron chi connectivity index (χ3n) is 3.42. The molecule has 2 aromatic carbocycles. The van der Waals surface area contributed by atoms with Crippen molar-refractivity contribution < 1.29 is 5.11 Å². The Morgan fingerprint density at radius 2 is 1.95 bits per heavy atom. The third-order valence-corrected chi connectivity index (χ3v) is 3.75. The van der Waals surface area contributed by atoms with Crippen molar-refractivity contribution >= 4 is 28.2 Å². The van der Waals surface area contributed by atoms with Gasteiger partial charge in [-0.2, -0.15) is 0 Å². The molecule has 0 saturated heterocycles. The van der Waals surface area contributed by atoms with E-state index in [0.717, 1.165) is 22.2 Å². The van der Waals surface area contributed by atoms with E-state index in [2.05, 4.69) is 10.3 Å². The molecule has 21 heavy (non-hydrogen) atoms. The largest absolute Gasteiger partial charge is 0.394 e. The first-order chi connectivity index (χ1) is 10.3. The second-order valence-electron chi connectivity index (χ2n) is 4.81. The second-order valence-corrected chi connectivity index (χ2v) is 5.22. The Labute approximate surface area is 128 Å². The monoisotopic (exact) mass is 298 g/mol. The van der Waals surface area contributed by atoms with Gasteiger partial charge in [-0.1, -0.05) is 35.9 Å². The van der Waals surface area contributed by atoms with Gasteiger partial charge in [-0.15, -0.1) is 0 Å². The van der Waals surface area contributed by atoms with Crippen LogP contribution < -0.4 is 5.32 Å². The lowest BCUT2D eigenvalue weighted by Crippen LogP contribution is -2.15. The Hall–Kier alpha value is -2.10. The zero-order valence-electron chi connectivity index (χ0n) is 11.3. The van der Waals surface area contributed by atoms with Crippen molar-refractivity contribution in [2.45, 2.75) is 6.04 Å². The maximum atomic E-state index is 9.68. The number of halogens is 1. The molecule has 2 N–H and O–H groups in total. The van der Waals surface area contributed by atoms with Crippen LogP contribution in [0.25, 0.3) is 10.9 Å². The molecular formula is C17H15ClN2O. The molecular weight excluding hydrogens is 284 g/mol. The number of pyridine rings is 1. The molecule has 0 aliphatic carbocycles. The predicted molar refractivity (Wildman–Crippen MR) is 86.6 cm³/mol. The highest BCUT2D eigenvalue weighted by atomic mass is 35.5. The molecule has 3 nitrogen and oxygen atoms in total. The molecule has 0 aliphatic heterocycles. The minimum Gasteiger partial charge on any atom is -0.394 e. The number of para-hydroxylation sites is 1. The zero-order chi connectivity index (χ0) is 14.7. The van der Waals surface area contributed by atoms with E-state index >= 15 is 0 Å². The van der Waals surface area contributed by atoms with Gasteiger partial charge in [0.15, 0.2) is 0 Å². The molecule has 0 aliphatic rings. The highest BCUT2D eigenvalue weighted by Crippen LogP contribution is 2.27. The smallest absolute Gasteiger partial charge is 0.0745 e. The van der Waals surface area contributed by atoms with Crippen LogP contribution in [0, 0.1) is 0 Å². The lowest BCUT2D eigenvalue weighted by atomic mass is 10.0. The Balaban J connectivity index is 1.93. The van der Waals surface area contributed by atoms with Crippen molar-refractivity contribution in [3.8, 4) is 0 Å². The standard InChI is InChI=1S/C17H15ClN2O/c18-14-5-1-2-6-16(14)20-17(11-21)13-7-8-15-12(10-13)4-3-9-19-15/h1-10,17,20-21H,11H2. The molecule has 1 aromatic heterocycles. The van der Waals surface area contributed by atoms with Crippen molar-refractivity contribution in [1.82, 2.24) is 4.98 Å². The molecule has 0 fully saturated rings. The zero-order valence-corrected chi connectivity index (χ0v) is 12.1. The van der Waals surface area contributed by atoms with Gasteiger partial charge in [0.25, 0.3) is 0 Å². The Morgan fingerprint density at radius 1 is 1.10 bits per heavy atom. The number of rotatable bonds is 4. The molecule has 0 amide bonds. The number of aliphatic hydroxyl groups excluding tert-OH is 1. The summed E-state index contributed by atoms with van der Waals surface area (Å²) in [5, 5.41) is 14.6. The topological polar surface area (TPSA) is 45.1 Å². The van der Waals surface area contributed by atoms with E-state index in [-0.39, 0.29) is 12.6 Å². The Morgan fingerprint density at radius 3 is 2.76 bits per heavy atom. The molecule has 0 saturated carbocycles. The van der Waals surface area contributed by atoms with Gasteiger partial charge < -0.3 is 10.4 Å². The van der Waals surface area contributed by atoms with Gasteiger partial charge in [-0.3, -0.25) is 4.98 Å². The summed E-state index contributed by atoms with van der Waals surface area (Å²) in [6, 6.07) is 17.2. The van der Waals surface area contributed by atoms with Gasteiger partial charge in [0.05, 0.1) is 28.9 Å². The lowest BCUT2D eigenvalue weighted by Gasteiger charge is -2.19. The van der Waals surface area contributed by atoms with Crippen molar-refractivity contribution in [3.63, 3.8) is 0 Å². The predicted octanol–water partition coefficient (Wildman–Crippen LogP) is 4.03. The van der Waals surface area contributed by atoms with Crippen LogP contribution >= 0.6 is 11.6 Å². The number of anilines is 1. The average Bonchev–Trinajstić information content (AvgIpc) is 2.54. The maximum Gasteiger partial charge on any atom is 0.0745 e. The van der Waals surface area contributed by atoms with E-state index in [9.17, 15) is 5.11 Å². The first kappa shape index (κ1) is 13.9. The number of hydrogen-bond donors (Lipinski definition) is 2. The highest BCUT2D eigenvalue weighted by Gasteiger charge is 2.12. The lowest BCUT2D eigenvalue weighted by molar-refractivity contribution is 0.276. The highest BCUT2D eigenvalue weighted by molar-refractivity contribution is 6.33. The van der Waals surface area contributed by atoms with Crippen molar-refractivity contribution in [1.29, 1.82) is 0 Å². The fraction of sp³-hybridized carbons (Fsp3) is 0.118. The minimum absolute atomic E-state index is 0.0169. The van der Waals surface area contributed by atoms with Crippen LogP contribution in [-0.4, -0.2) is 16.7 Å². The van der Waals surface area contributed by atoms with Crippen LogP contribution in [0.1, 0.15) is 11.6 Å². The number of nitrogens with zero attached hydrogens (tertiary/aromatic N) is 1. The quantitative estimate of drug-likeness (QED) is 0.764. The SMILES string of the molecule is OCC(Nc1ccccc1Cl)c1ccc2ncccc2c1. The first-order valence-electron chi connectivity index (χ1n) is 6.74. The van der Waals surface area contributed by atoms with Gasteiger partial charge in [0.2, 0.25) is 0 Å². The second kappa shape index (κ2) is 6.12. The van der Waals surface area contributed by atoms with Crippen LogP contribution in [0.4, 0.5) is 5.69 Å². The van der Waals surface area contributed by atoms with Crippen molar-refractivity contribution in [2.24, 2.45) is 0 Å². The molecule has 1 unspecified atom stereocenters. The van der Waals surface area contributed by atoms with Crippen LogP contribution in [-0.2, 0) is 0 Å². The summed E-state index contributed by atoms with van der Waals surface area (Å²) in [7, 11) is 0. The van der Waals surface area contributed by atoms with Crippen LogP contribution in [0.2, 0.25) is 5.02 Å². The first-order valence-corrected chi connectivity index (χ1v) is 7.12. The van der Waals surface area contributed by atoms with Gasteiger partial charge in [-0.25, -0.2) is 0 Å². The van der Waals surface area contributed by atoms with Gasteiger partial charge in [0.1, 0.15) is 0 Å². The Kier molecular flexibility index (Phi) is 4.04.